The van der Waals surface area contributed by atoms with Gasteiger partial charge in [0, 0.05) is 11.1 Å². The number of carboxylic acids is 1. The number of benzene rings is 2. The van der Waals surface area contributed by atoms with E-state index < -0.39 is 54.0 Å². The highest BCUT2D eigenvalue weighted by Gasteiger charge is 2.33. The molecule has 0 radical (unpaired) electrons. The fraction of sp³-hybridized carbons (Fsp3) is 0.143. The Hall–Kier alpha value is -5.22. The van der Waals surface area contributed by atoms with Gasteiger partial charge in [0.25, 0.3) is 11.8 Å². The van der Waals surface area contributed by atoms with Crippen LogP contribution in [0.5, 0.6) is 0 Å². The normalized spacial score (nSPS) is 11.2. The van der Waals surface area contributed by atoms with E-state index in [9.17, 15) is 36.0 Å². The number of hydrogen-bond acceptors (Lipinski definition) is 9. The molecule has 0 saturated heterocycles. The maximum absolute atomic E-state index is 12.8. The molecule has 0 fully saturated rings. The van der Waals surface area contributed by atoms with E-state index in [0.29, 0.717) is 0 Å². The number of rotatable bonds is 9. The summed E-state index contributed by atoms with van der Waals surface area (Å²) in [6.07, 6.45) is 0. The van der Waals surface area contributed by atoms with Crippen LogP contribution < -0.4 is 11.5 Å². The maximum Gasteiger partial charge on any atom is 0.355 e. The monoisotopic (exact) mass is 644 g/mol. The number of aromatic carboxylic acids is 1. The Morgan fingerprint density at radius 1 is 0.682 bits per heavy atom. The minimum atomic E-state index is -4.05. The van der Waals surface area contributed by atoms with Crippen molar-refractivity contribution < 1.29 is 45.9 Å². The number of sulfone groups is 2. The molecule has 0 atom stereocenters. The third-order valence-corrected chi connectivity index (χ3v) is 10.1. The van der Waals surface area contributed by atoms with Crippen LogP contribution in [0.4, 0.5) is 0 Å². The van der Waals surface area contributed by atoms with Gasteiger partial charge in [-0.3, -0.25) is 9.59 Å². The van der Waals surface area contributed by atoms with Crippen molar-refractivity contribution in [1.82, 2.24) is 9.97 Å². The molecule has 0 aliphatic rings. The van der Waals surface area contributed by atoms with Crippen LogP contribution in [0.15, 0.2) is 80.2 Å². The second-order valence-electron chi connectivity index (χ2n) is 9.05. The lowest BCUT2D eigenvalue weighted by molar-refractivity contribution is 0.0518. The van der Waals surface area contributed by atoms with Crippen molar-refractivity contribution in [1.29, 1.82) is 0 Å². The van der Waals surface area contributed by atoms with Crippen LogP contribution in [0.2, 0.25) is 0 Å². The van der Waals surface area contributed by atoms with Crippen LogP contribution >= 0.6 is 0 Å². The molecule has 2 amide bonds. The highest BCUT2D eigenvalue weighted by molar-refractivity contribution is 7.92. The number of H-pyrrole nitrogens is 2. The summed E-state index contributed by atoms with van der Waals surface area (Å²) in [6.45, 7) is 4.46. The Morgan fingerprint density at radius 3 is 1.39 bits per heavy atom. The molecule has 0 unspecified atom stereocenters. The van der Waals surface area contributed by atoms with Gasteiger partial charge in [-0.25, -0.2) is 26.4 Å². The first-order chi connectivity index (χ1) is 20.6. The predicted octanol–water partition coefficient (Wildman–Crippen LogP) is 2.38. The standard InChI is InChI=1S/C15H16N2O5S.C13H12N2O5S/c1-3-22-15(19)11-9(2)13(12(17-11)14(16)18)23(20,21)10-7-5-4-6-8-10;1-7-9(13(17)18)15-10(12(14)16)11(7)21(19,20)8-5-3-2-4-6-8/h4-8,17H,3H2,1-2H3,(H2,16,18);2-6,15H,1H3,(H2,14,16)(H,17,18). The van der Waals surface area contributed by atoms with Crippen LogP contribution in [-0.2, 0) is 24.4 Å². The molecule has 0 aliphatic carbocycles. The van der Waals surface area contributed by atoms with Crippen LogP contribution in [-0.4, -0.2) is 62.3 Å². The van der Waals surface area contributed by atoms with E-state index in [4.69, 9.17) is 21.3 Å². The average Bonchev–Trinajstić information content (AvgIpc) is 3.53. The molecule has 2 aromatic carbocycles. The summed E-state index contributed by atoms with van der Waals surface area (Å²) in [5, 5.41) is 9.04. The summed E-state index contributed by atoms with van der Waals surface area (Å²) in [5.41, 5.74) is 9.19. The molecule has 7 N–H and O–H groups in total. The number of aromatic amines is 2. The Morgan fingerprint density at radius 2 is 1.05 bits per heavy atom. The van der Waals surface area contributed by atoms with Crippen LogP contribution in [0, 0.1) is 13.8 Å². The number of carboxylic acid groups (broad SMARTS) is 1. The molecule has 232 valence electrons. The van der Waals surface area contributed by atoms with E-state index in [1.54, 1.807) is 31.2 Å². The van der Waals surface area contributed by atoms with Crippen molar-refractivity contribution in [2.45, 2.75) is 40.4 Å². The topological polar surface area (TPSA) is 250 Å². The van der Waals surface area contributed by atoms with Gasteiger partial charge in [-0.1, -0.05) is 36.4 Å². The number of primary amides is 2. The Balaban J connectivity index is 0.000000241. The molecular formula is C28H28N4O10S2. The highest BCUT2D eigenvalue weighted by Crippen LogP contribution is 2.31. The zero-order chi connectivity index (χ0) is 33.0. The first-order valence-corrected chi connectivity index (χ1v) is 15.6. The van der Waals surface area contributed by atoms with Crippen molar-refractivity contribution in [3.8, 4) is 0 Å². The van der Waals surface area contributed by atoms with Gasteiger partial charge >= 0.3 is 11.9 Å². The van der Waals surface area contributed by atoms with Gasteiger partial charge in [0.15, 0.2) is 0 Å². The van der Waals surface area contributed by atoms with Gasteiger partial charge in [-0.05, 0) is 45.0 Å². The summed E-state index contributed by atoms with van der Waals surface area (Å²) in [7, 11) is -8.07. The molecule has 4 rings (SSSR count). The molecule has 16 heteroatoms. The molecule has 44 heavy (non-hydrogen) atoms. The molecule has 0 spiro atoms. The lowest BCUT2D eigenvalue weighted by Gasteiger charge is -2.06. The summed E-state index contributed by atoms with van der Waals surface area (Å²) < 4.78 is 55.6. The third-order valence-electron chi connectivity index (χ3n) is 6.22. The highest BCUT2D eigenvalue weighted by atomic mass is 32.2. The number of amides is 2. The smallest absolute Gasteiger partial charge is 0.355 e. The second-order valence-corrected chi connectivity index (χ2v) is 12.8. The first kappa shape index (κ1) is 33.3. The Labute approximate surface area is 251 Å². The molecule has 14 nitrogen and oxygen atoms in total. The molecule has 2 aromatic heterocycles. The molecule has 2 heterocycles. The zero-order valence-corrected chi connectivity index (χ0v) is 25.2. The summed E-state index contributed by atoms with van der Waals surface area (Å²) >= 11 is 0. The Bertz CT molecular complexity index is 1960. The van der Waals surface area contributed by atoms with Crippen molar-refractivity contribution in [3.63, 3.8) is 0 Å². The largest absolute Gasteiger partial charge is 0.477 e. The number of carbonyl (C=O) groups excluding carboxylic acids is 3. The lowest BCUT2D eigenvalue weighted by Crippen LogP contribution is -2.16. The van der Waals surface area contributed by atoms with E-state index in [2.05, 4.69) is 9.97 Å². The molecule has 4 aromatic rings. The van der Waals surface area contributed by atoms with E-state index in [1.165, 1.54) is 50.2 Å². The SMILES string of the molecule is CCOC(=O)c1[nH]c(C(N)=O)c(S(=O)(=O)c2ccccc2)c1C.Cc1c(C(=O)O)[nH]c(C(N)=O)c1S(=O)(=O)c1ccccc1. The fourth-order valence-electron chi connectivity index (χ4n) is 4.23. The van der Waals surface area contributed by atoms with E-state index >= 15 is 0 Å². The lowest BCUT2D eigenvalue weighted by atomic mass is 10.2. The number of aromatic nitrogens is 2. The van der Waals surface area contributed by atoms with Gasteiger partial charge in [0.1, 0.15) is 32.6 Å². The average molecular weight is 645 g/mol. The minimum absolute atomic E-state index is 0.00000821. The van der Waals surface area contributed by atoms with Crippen LogP contribution in [0.25, 0.3) is 0 Å². The van der Waals surface area contributed by atoms with Gasteiger partial charge in [-0.2, -0.15) is 0 Å². The molecule has 0 saturated carbocycles. The number of nitrogens with two attached hydrogens (primary N) is 2. The Kier molecular flexibility index (Phi) is 9.81. The summed E-state index contributed by atoms with van der Waals surface area (Å²) in [4.78, 5) is 50.0. The van der Waals surface area contributed by atoms with Crippen molar-refractivity contribution in [2.75, 3.05) is 6.61 Å². The third kappa shape index (κ3) is 6.40. The van der Waals surface area contributed by atoms with E-state index in [0.717, 1.165) is 0 Å². The predicted molar refractivity (Wildman–Crippen MR) is 155 cm³/mol. The molecule has 0 bridgehead atoms. The summed E-state index contributed by atoms with van der Waals surface area (Å²) in [5.74, 6) is -4.13. The summed E-state index contributed by atoms with van der Waals surface area (Å²) in [6, 6.07) is 15.0. The van der Waals surface area contributed by atoms with E-state index in [1.807, 2.05) is 0 Å². The van der Waals surface area contributed by atoms with Crippen molar-refractivity contribution >= 4 is 43.4 Å². The number of hydrogen-bond donors (Lipinski definition) is 5. The van der Waals surface area contributed by atoms with E-state index in [-0.39, 0.29) is 49.5 Å². The quantitative estimate of drug-likeness (QED) is 0.166. The number of carbonyl (C=O) groups is 4. The maximum atomic E-state index is 12.8. The molecule has 0 aliphatic heterocycles. The van der Waals surface area contributed by atoms with Gasteiger partial charge in [0.05, 0.1) is 16.4 Å². The zero-order valence-electron chi connectivity index (χ0n) is 23.6. The fourth-order valence-corrected chi connectivity index (χ4v) is 7.58. The second kappa shape index (κ2) is 13.0. The van der Waals surface area contributed by atoms with Crippen LogP contribution in [0.1, 0.15) is 60.0 Å². The first-order valence-electron chi connectivity index (χ1n) is 12.6. The van der Waals surface area contributed by atoms with Gasteiger partial charge < -0.3 is 31.3 Å². The van der Waals surface area contributed by atoms with Gasteiger partial charge in [0.2, 0.25) is 19.7 Å². The number of esters is 1. The van der Waals surface area contributed by atoms with Gasteiger partial charge in [-0.15, -0.1) is 0 Å². The van der Waals surface area contributed by atoms with Crippen LogP contribution in [0.3, 0.4) is 0 Å². The van der Waals surface area contributed by atoms with Crippen molar-refractivity contribution in [2.24, 2.45) is 11.5 Å². The number of nitrogens with one attached hydrogen (secondary N) is 2. The minimum Gasteiger partial charge on any atom is -0.477 e. The molecular weight excluding hydrogens is 616 g/mol. The van der Waals surface area contributed by atoms with Crippen molar-refractivity contribution in [3.05, 3.63) is 94.6 Å². The number of ether oxygens (including phenoxy) is 1.